The molecule has 2 saturated carbocycles. The van der Waals surface area contributed by atoms with E-state index in [1.165, 1.54) is 49.8 Å². The van der Waals surface area contributed by atoms with Gasteiger partial charge in [0.1, 0.15) is 0 Å². The molecule has 1 nitrogen and oxygen atoms in total. The average molecular weight is 243 g/mol. The number of hydrogen-bond donors (Lipinski definition) is 1. The van der Waals surface area contributed by atoms with Crippen LogP contribution in [-0.4, -0.2) is 6.04 Å². The van der Waals surface area contributed by atoms with Crippen LogP contribution in [0, 0.1) is 11.8 Å². The number of rotatable bonds is 4. The second-order valence-corrected chi connectivity index (χ2v) is 6.12. The third-order valence-corrected chi connectivity index (χ3v) is 4.76. The molecular weight excluding hydrogens is 218 g/mol. The van der Waals surface area contributed by atoms with Crippen molar-refractivity contribution in [3.63, 3.8) is 0 Å². The van der Waals surface area contributed by atoms with Gasteiger partial charge in [0, 0.05) is 11.7 Å². The lowest BCUT2D eigenvalue weighted by molar-refractivity contribution is 0.303. The maximum atomic E-state index is 3.81. The Labute approximate surface area is 111 Å². The number of nitrogens with one attached hydrogen (secondary N) is 1. The summed E-state index contributed by atoms with van der Waals surface area (Å²) in [5.41, 5.74) is 2.84. The maximum absolute atomic E-state index is 3.81. The maximum Gasteiger partial charge on any atom is 0.0374 e. The van der Waals surface area contributed by atoms with Crippen LogP contribution in [0.1, 0.15) is 51.0 Å². The second-order valence-electron chi connectivity index (χ2n) is 6.12. The quantitative estimate of drug-likeness (QED) is 0.813. The molecule has 3 rings (SSSR count). The van der Waals surface area contributed by atoms with Crippen LogP contribution >= 0.6 is 0 Å². The first-order chi connectivity index (χ1) is 8.86. The van der Waals surface area contributed by atoms with Crippen LogP contribution in [-0.2, 0) is 6.42 Å². The largest absolute Gasteiger partial charge is 0.382 e. The van der Waals surface area contributed by atoms with Gasteiger partial charge in [0.15, 0.2) is 0 Å². The van der Waals surface area contributed by atoms with Crippen LogP contribution in [0.15, 0.2) is 24.3 Å². The highest BCUT2D eigenvalue weighted by molar-refractivity contribution is 5.51. The summed E-state index contributed by atoms with van der Waals surface area (Å²) in [4.78, 5) is 0. The summed E-state index contributed by atoms with van der Waals surface area (Å²) in [7, 11) is 0. The molecule has 0 heterocycles. The molecule has 0 radical (unpaired) electrons. The van der Waals surface area contributed by atoms with Crippen molar-refractivity contribution in [3.05, 3.63) is 29.8 Å². The van der Waals surface area contributed by atoms with Crippen LogP contribution in [0.25, 0.3) is 0 Å². The smallest absolute Gasteiger partial charge is 0.0374 e. The molecule has 2 aliphatic rings. The number of benzene rings is 1. The predicted octanol–water partition coefficient (Wildman–Crippen LogP) is 4.63. The van der Waals surface area contributed by atoms with Crippen LogP contribution in [0.4, 0.5) is 5.69 Å². The lowest BCUT2D eigenvalue weighted by Gasteiger charge is -2.31. The highest BCUT2D eigenvalue weighted by Gasteiger charge is 2.34. The Hall–Kier alpha value is -0.980. The number of anilines is 1. The van der Waals surface area contributed by atoms with Gasteiger partial charge in [0.2, 0.25) is 0 Å². The minimum atomic E-state index is 0.719. The molecule has 0 saturated heterocycles. The van der Waals surface area contributed by atoms with Crippen molar-refractivity contribution in [2.24, 2.45) is 11.8 Å². The Morgan fingerprint density at radius 1 is 1.06 bits per heavy atom. The van der Waals surface area contributed by atoms with Gasteiger partial charge >= 0.3 is 0 Å². The molecule has 2 atom stereocenters. The highest BCUT2D eigenvalue weighted by atomic mass is 14.9. The van der Waals surface area contributed by atoms with Crippen molar-refractivity contribution in [2.45, 2.75) is 57.9 Å². The van der Waals surface area contributed by atoms with Crippen molar-refractivity contribution < 1.29 is 0 Å². The fraction of sp³-hybridized carbons (Fsp3) is 0.647. The van der Waals surface area contributed by atoms with Crippen molar-refractivity contribution >= 4 is 5.69 Å². The lowest BCUT2D eigenvalue weighted by atomic mass is 9.82. The van der Waals surface area contributed by atoms with E-state index >= 15 is 0 Å². The Morgan fingerprint density at radius 2 is 1.89 bits per heavy atom. The zero-order chi connectivity index (χ0) is 12.4. The predicted molar refractivity (Wildman–Crippen MR) is 77.9 cm³/mol. The minimum Gasteiger partial charge on any atom is -0.382 e. The zero-order valence-corrected chi connectivity index (χ0v) is 11.5. The first kappa shape index (κ1) is 12.1. The van der Waals surface area contributed by atoms with Crippen LogP contribution in [0.2, 0.25) is 0 Å². The van der Waals surface area contributed by atoms with Gasteiger partial charge < -0.3 is 5.32 Å². The average Bonchev–Trinajstić information content (AvgIpc) is 3.24. The van der Waals surface area contributed by atoms with Gasteiger partial charge in [-0.1, -0.05) is 38.0 Å². The monoisotopic (exact) mass is 243 g/mol. The first-order valence-corrected chi connectivity index (χ1v) is 7.71. The minimum absolute atomic E-state index is 0.719. The van der Waals surface area contributed by atoms with Crippen LogP contribution < -0.4 is 5.32 Å². The summed E-state index contributed by atoms with van der Waals surface area (Å²) in [5, 5.41) is 3.81. The van der Waals surface area contributed by atoms with Gasteiger partial charge in [0.25, 0.3) is 0 Å². The molecular formula is C17H25N. The van der Waals surface area contributed by atoms with Gasteiger partial charge in [-0.05, 0) is 55.6 Å². The number of hydrogen-bond acceptors (Lipinski definition) is 1. The van der Waals surface area contributed by atoms with Crippen molar-refractivity contribution in [2.75, 3.05) is 5.32 Å². The van der Waals surface area contributed by atoms with E-state index in [4.69, 9.17) is 0 Å². The molecule has 2 aliphatic carbocycles. The molecule has 0 bridgehead atoms. The molecule has 0 amide bonds. The van der Waals surface area contributed by atoms with E-state index in [1.807, 2.05) is 0 Å². The fourth-order valence-corrected chi connectivity index (χ4v) is 3.54. The standard InChI is InChI=1S/C17H25N/c1-2-13-6-3-4-9-17(13)18-16-8-5-7-15(12-16)14-10-11-14/h3-4,6,9,14-16,18H,2,5,7-8,10-12H2,1H3. The van der Waals surface area contributed by atoms with Gasteiger partial charge in [-0.15, -0.1) is 0 Å². The molecule has 18 heavy (non-hydrogen) atoms. The van der Waals surface area contributed by atoms with Crippen molar-refractivity contribution in [3.8, 4) is 0 Å². The van der Waals surface area contributed by atoms with Gasteiger partial charge in [-0.25, -0.2) is 0 Å². The van der Waals surface area contributed by atoms with E-state index in [2.05, 4.69) is 36.5 Å². The van der Waals surface area contributed by atoms with Gasteiger partial charge in [-0.2, -0.15) is 0 Å². The SMILES string of the molecule is CCc1ccccc1NC1CCCC(C2CC2)C1. The lowest BCUT2D eigenvalue weighted by Crippen LogP contribution is -2.28. The number of aryl methyl sites for hydroxylation is 1. The van der Waals surface area contributed by atoms with E-state index in [9.17, 15) is 0 Å². The molecule has 0 aromatic heterocycles. The highest BCUT2D eigenvalue weighted by Crippen LogP contribution is 2.44. The Balaban J connectivity index is 1.64. The summed E-state index contributed by atoms with van der Waals surface area (Å²) in [6.07, 6.45) is 9.81. The summed E-state index contributed by atoms with van der Waals surface area (Å²) < 4.78 is 0. The summed E-state index contributed by atoms with van der Waals surface area (Å²) in [6.45, 7) is 2.24. The Morgan fingerprint density at radius 3 is 2.67 bits per heavy atom. The molecule has 1 N–H and O–H groups in total. The Kier molecular flexibility index (Phi) is 3.58. The van der Waals surface area contributed by atoms with Crippen LogP contribution in [0.3, 0.4) is 0 Å². The van der Waals surface area contributed by atoms with Crippen LogP contribution in [0.5, 0.6) is 0 Å². The zero-order valence-electron chi connectivity index (χ0n) is 11.5. The van der Waals surface area contributed by atoms with Crippen molar-refractivity contribution in [1.82, 2.24) is 0 Å². The first-order valence-electron chi connectivity index (χ1n) is 7.71. The topological polar surface area (TPSA) is 12.0 Å². The summed E-state index contributed by atoms with van der Waals surface area (Å²) >= 11 is 0. The van der Waals surface area contributed by atoms with E-state index in [0.717, 1.165) is 24.3 Å². The molecule has 2 fully saturated rings. The third kappa shape index (κ3) is 2.71. The second kappa shape index (κ2) is 5.34. The van der Waals surface area contributed by atoms with E-state index < -0.39 is 0 Å². The molecule has 98 valence electrons. The summed E-state index contributed by atoms with van der Waals surface area (Å²) in [6, 6.07) is 9.53. The fourth-order valence-electron chi connectivity index (χ4n) is 3.54. The van der Waals surface area contributed by atoms with Gasteiger partial charge in [0.05, 0.1) is 0 Å². The molecule has 0 spiro atoms. The molecule has 1 aromatic rings. The normalized spacial score (nSPS) is 28.1. The molecule has 1 heteroatoms. The third-order valence-electron chi connectivity index (χ3n) is 4.76. The van der Waals surface area contributed by atoms with E-state index in [1.54, 1.807) is 0 Å². The number of para-hydroxylation sites is 1. The molecule has 1 aromatic carbocycles. The molecule has 2 unspecified atom stereocenters. The Bertz CT molecular complexity index is 394. The van der Waals surface area contributed by atoms with Gasteiger partial charge in [-0.3, -0.25) is 0 Å². The van der Waals surface area contributed by atoms with E-state index in [-0.39, 0.29) is 0 Å². The van der Waals surface area contributed by atoms with E-state index in [0.29, 0.717) is 0 Å². The van der Waals surface area contributed by atoms with Crippen molar-refractivity contribution in [1.29, 1.82) is 0 Å². The summed E-state index contributed by atoms with van der Waals surface area (Å²) in [5.74, 6) is 2.10. The molecule has 0 aliphatic heterocycles.